The van der Waals surface area contributed by atoms with Crippen LogP contribution in [0.3, 0.4) is 0 Å². The van der Waals surface area contributed by atoms with Crippen molar-refractivity contribution in [1.29, 1.82) is 0 Å². The summed E-state index contributed by atoms with van der Waals surface area (Å²) in [6, 6.07) is 140. The molecule has 0 saturated carbocycles. The van der Waals surface area contributed by atoms with E-state index in [0.717, 1.165) is 220 Å². The maximum atomic E-state index is 15.0. The van der Waals surface area contributed by atoms with Crippen LogP contribution in [0.25, 0.3) is 264 Å². The standard InChI is InChI=1S/2C60H34N4O2/c65-59-47-26-14-24-44-41(27-29-46(54(44)47)58-62-56-50(38-21-11-4-12-22-38)32-40(34-52(56)64(58)59)36-17-7-2-8-18-36)42-28-30-48-53-43(42)23-13-25-45(53)57-61-55-49(37-19-9-3-10-20-37)31-39(35-15-5-1-6-16-35)33-51(55)63(57)60(48)66;65-59-47-25-13-23-43-41(27-29-45(53(43)47)57-61-55-49(37-19-9-3-10-20-37)31-39(33-51(55)63(57)59)35-15-5-1-6-16-35)42-28-30-46-54-44(42)24-14-26-48(54)60(66)64-52-34-40(36-17-7-2-8-18-36)32-50(56(52)62-58(46)64)38-21-11-4-12-22-38/h2*1-34H. The highest BCUT2D eigenvalue weighted by molar-refractivity contribution is 6.27. The van der Waals surface area contributed by atoms with Crippen LogP contribution in [0.4, 0.5) is 0 Å². The molecule has 612 valence electrons. The fraction of sp³-hybridized carbons (Fsp3) is 0. The average Bonchev–Trinajstić information content (AvgIpc) is 1.48. The maximum Gasteiger partial charge on any atom is 0.264 e. The lowest BCUT2D eigenvalue weighted by molar-refractivity contribution is 1.19. The SMILES string of the molecule is O=c1c2ccc(-c3ccc4c5c3cccc5c(=O)n3c5cc(-c6ccccc6)cc(-c6ccccc6)c5nc43)c3cccc(c32)c2nc3c(-c4ccccc4)cc(-c4ccccc4)cc3n12.O=c1c2cccc3c(-c4ccc5c6c4cccc6c(=O)n4c6cc(-c7ccccc7)cc(-c7ccccc7)c6nc54)ccc(c32)c2nc3c(-c4ccccc4)cc(-c4ccccc4)cc3n12. The Bertz CT molecular complexity index is 8910. The Balaban J connectivity index is 0.000000135. The van der Waals surface area contributed by atoms with Crippen LogP contribution in [-0.4, -0.2) is 37.5 Å². The van der Waals surface area contributed by atoms with Crippen molar-refractivity contribution in [2.75, 3.05) is 0 Å². The van der Waals surface area contributed by atoms with E-state index in [0.29, 0.717) is 44.1 Å². The Morgan fingerprint density at radius 1 is 0.144 bits per heavy atom. The molecule has 132 heavy (non-hydrogen) atoms. The van der Waals surface area contributed by atoms with Gasteiger partial charge in [-0.25, -0.2) is 19.9 Å². The maximum absolute atomic E-state index is 15.0. The van der Waals surface area contributed by atoms with E-state index in [-0.39, 0.29) is 22.2 Å². The molecule has 28 aromatic rings. The second-order valence-electron chi connectivity index (χ2n) is 34.4. The van der Waals surface area contributed by atoms with Crippen molar-refractivity contribution in [3.8, 4) is 111 Å². The van der Waals surface area contributed by atoms with Crippen LogP contribution in [0.2, 0.25) is 0 Å². The fourth-order valence-electron chi connectivity index (χ4n) is 21.3. The summed E-state index contributed by atoms with van der Waals surface area (Å²) in [5, 5.41) is 13.3. The molecule has 0 aliphatic heterocycles. The van der Waals surface area contributed by atoms with Crippen LogP contribution in [0.1, 0.15) is 0 Å². The van der Waals surface area contributed by atoms with E-state index < -0.39 is 0 Å². The van der Waals surface area contributed by atoms with Gasteiger partial charge in [-0.15, -0.1) is 0 Å². The summed E-state index contributed by atoms with van der Waals surface area (Å²) in [5.41, 5.74) is 28.5. The summed E-state index contributed by atoms with van der Waals surface area (Å²) in [6.45, 7) is 0. The van der Waals surface area contributed by atoms with Crippen molar-refractivity contribution in [2.45, 2.75) is 0 Å². The molecule has 20 aromatic carbocycles. The summed E-state index contributed by atoms with van der Waals surface area (Å²) in [4.78, 5) is 81.2. The summed E-state index contributed by atoms with van der Waals surface area (Å²) in [5.74, 6) is 0. The Morgan fingerprint density at radius 2 is 0.326 bits per heavy atom. The average molecular weight is 1690 g/mol. The highest BCUT2D eigenvalue weighted by atomic mass is 16.1. The van der Waals surface area contributed by atoms with Gasteiger partial charge in [-0.2, -0.15) is 0 Å². The summed E-state index contributed by atoms with van der Waals surface area (Å²) in [7, 11) is 0. The van der Waals surface area contributed by atoms with E-state index in [9.17, 15) is 19.2 Å². The number of hydrogen-bond donors (Lipinski definition) is 0. The zero-order valence-electron chi connectivity index (χ0n) is 70.5. The van der Waals surface area contributed by atoms with Gasteiger partial charge in [0.05, 0.1) is 44.1 Å². The Kier molecular flexibility index (Phi) is 16.2. The van der Waals surface area contributed by atoms with Gasteiger partial charge in [-0.1, -0.05) is 322 Å². The number of aromatic nitrogens is 8. The van der Waals surface area contributed by atoms with Crippen molar-refractivity contribution >= 4 is 153 Å². The molecule has 12 heteroatoms. The molecule has 0 amide bonds. The van der Waals surface area contributed by atoms with E-state index in [4.69, 9.17) is 19.9 Å². The number of rotatable bonds is 10. The lowest BCUT2D eigenvalue weighted by atomic mass is 9.90. The molecule has 0 N–H and O–H groups in total. The summed E-state index contributed by atoms with van der Waals surface area (Å²) in [6.07, 6.45) is 0. The lowest BCUT2D eigenvalue weighted by Crippen LogP contribution is -2.13. The smallest absolute Gasteiger partial charge is 0.264 e. The van der Waals surface area contributed by atoms with E-state index in [1.807, 2.05) is 188 Å². The molecule has 0 fully saturated rings. The van der Waals surface area contributed by atoms with Gasteiger partial charge in [-0.05, 0) is 202 Å². The molecule has 0 unspecified atom stereocenters. The van der Waals surface area contributed by atoms with Gasteiger partial charge in [0.2, 0.25) is 0 Å². The first kappa shape index (κ1) is 74.3. The van der Waals surface area contributed by atoms with Crippen molar-refractivity contribution in [3.63, 3.8) is 0 Å². The van der Waals surface area contributed by atoms with Gasteiger partial charge in [0, 0.05) is 86.9 Å². The normalized spacial score (nSPS) is 12.1. The minimum absolute atomic E-state index is 0.112. The minimum atomic E-state index is -0.112. The van der Waals surface area contributed by atoms with Gasteiger partial charge in [0.25, 0.3) is 22.2 Å². The number of fused-ring (bicyclic) bond motifs is 16. The van der Waals surface area contributed by atoms with E-state index >= 15 is 0 Å². The molecular formula is C120H68N8O4. The van der Waals surface area contributed by atoms with Gasteiger partial charge >= 0.3 is 0 Å². The van der Waals surface area contributed by atoms with Crippen molar-refractivity contribution < 1.29 is 0 Å². The molecule has 28 rings (SSSR count). The molecule has 0 aliphatic rings. The predicted molar refractivity (Wildman–Crippen MR) is 542 cm³/mol. The Hall–Kier alpha value is -18.0. The van der Waals surface area contributed by atoms with E-state index in [1.165, 1.54) is 0 Å². The fourth-order valence-corrected chi connectivity index (χ4v) is 21.3. The lowest BCUT2D eigenvalue weighted by Gasteiger charge is -2.15. The Morgan fingerprint density at radius 3 is 0.553 bits per heavy atom. The van der Waals surface area contributed by atoms with Crippen LogP contribution in [0.15, 0.2) is 432 Å². The highest BCUT2D eigenvalue weighted by Crippen LogP contribution is 2.48. The second-order valence-corrected chi connectivity index (χ2v) is 34.4. The monoisotopic (exact) mass is 1680 g/mol. The molecule has 0 atom stereocenters. The number of hydrogen-bond acceptors (Lipinski definition) is 8. The molecule has 12 nitrogen and oxygen atoms in total. The summed E-state index contributed by atoms with van der Waals surface area (Å²) >= 11 is 0. The molecule has 0 radical (unpaired) electrons. The van der Waals surface area contributed by atoms with Crippen LogP contribution >= 0.6 is 0 Å². The molecule has 0 aliphatic carbocycles. The Labute approximate surface area is 750 Å². The zero-order valence-corrected chi connectivity index (χ0v) is 70.5. The van der Waals surface area contributed by atoms with Gasteiger partial charge < -0.3 is 0 Å². The quantitative estimate of drug-likeness (QED) is 0.132. The van der Waals surface area contributed by atoms with Crippen molar-refractivity contribution in [1.82, 2.24) is 37.5 Å². The second kappa shape index (κ2) is 28.8. The van der Waals surface area contributed by atoms with Gasteiger partial charge in [-0.3, -0.25) is 36.8 Å². The van der Waals surface area contributed by atoms with E-state index in [2.05, 4.69) is 224 Å². The number of pyridine rings is 4. The largest absolute Gasteiger partial charge is 0.268 e. The number of imidazole rings is 4. The third-order valence-electron chi connectivity index (χ3n) is 27.2. The van der Waals surface area contributed by atoms with Gasteiger partial charge in [0.15, 0.2) is 0 Å². The van der Waals surface area contributed by atoms with Crippen LogP contribution in [0.5, 0.6) is 0 Å². The van der Waals surface area contributed by atoms with Crippen molar-refractivity contribution in [2.24, 2.45) is 0 Å². The molecule has 0 spiro atoms. The topological polar surface area (TPSA) is 137 Å². The van der Waals surface area contributed by atoms with E-state index in [1.54, 1.807) is 17.6 Å². The van der Waals surface area contributed by atoms with Crippen LogP contribution < -0.4 is 22.2 Å². The third-order valence-corrected chi connectivity index (χ3v) is 27.2. The van der Waals surface area contributed by atoms with Gasteiger partial charge in [0.1, 0.15) is 22.6 Å². The third kappa shape index (κ3) is 11.0. The first-order valence-electron chi connectivity index (χ1n) is 44.3. The molecule has 8 aromatic heterocycles. The van der Waals surface area contributed by atoms with Crippen LogP contribution in [-0.2, 0) is 0 Å². The highest BCUT2D eigenvalue weighted by Gasteiger charge is 2.29. The predicted octanol–water partition coefficient (Wildman–Crippen LogP) is 27.7. The first-order valence-corrected chi connectivity index (χ1v) is 44.3. The first-order chi connectivity index (χ1) is 65.2. The number of nitrogens with zero attached hydrogens (tertiary/aromatic N) is 8. The molecule has 8 heterocycles. The molecular weight excluding hydrogens is 1620 g/mol. The number of benzene rings is 20. The molecule has 0 bridgehead atoms. The van der Waals surface area contributed by atoms with Crippen molar-refractivity contribution in [3.05, 3.63) is 454 Å². The summed E-state index contributed by atoms with van der Waals surface area (Å²) < 4.78 is 7.21. The van der Waals surface area contributed by atoms with Crippen LogP contribution in [0, 0.1) is 0 Å². The zero-order chi connectivity index (χ0) is 87.2. The molecule has 0 saturated heterocycles. The minimum Gasteiger partial charge on any atom is -0.268 e.